The number of rotatable bonds is 2. The summed E-state index contributed by atoms with van der Waals surface area (Å²) in [6.07, 6.45) is 8.15. The van der Waals surface area contributed by atoms with Crippen molar-refractivity contribution in [2.24, 2.45) is 0 Å². The molecule has 0 aliphatic carbocycles. The Labute approximate surface area is 173 Å². The highest BCUT2D eigenvalue weighted by molar-refractivity contribution is 5.85. The molecule has 2 aliphatic rings. The number of hydrogen-bond acceptors (Lipinski definition) is 5. The lowest BCUT2D eigenvalue weighted by molar-refractivity contribution is 0.275. The largest absolute Gasteiger partial charge is 0.311 e. The van der Waals surface area contributed by atoms with Gasteiger partial charge in [-0.05, 0) is 63.3 Å². The zero-order valence-electron chi connectivity index (χ0n) is 17.2. The summed E-state index contributed by atoms with van der Waals surface area (Å²) in [4.78, 5) is 17.7. The van der Waals surface area contributed by atoms with Crippen molar-refractivity contribution >= 4 is 16.4 Å². The second-order valence-corrected chi connectivity index (χ2v) is 8.82. The van der Waals surface area contributed by atoms with Gasteiger partial charge in [-0.25, -0.2) is 14.2 Å². The number of hydrogen-bond donors (Lipinski definition) is 1. The summed E-state index contributed by atoms with van der Waals surface area (Å²) in [5.41, 5.74) is 4.73. The molecular formula is C23H24N6O. The van der Waals surface area contributed by atoms with E-state index in [4.69, 9.17) is 5.10 Å². The maximum absolute atomic E-state index is 13.2. The van der Waals surface area contributed by atoms with Gasteiger partial charge in [0.15, 0.2) is 5.65 Å². The molecule has 152 valence electrons. The Bertz CT molecular complexity index is 1340. The van der Waals surface area contributed by atoms with E-state index in [1.54, 1.807) is 4.68 Å². The van der Waals surface area contributed by atoms with E-state index >= 15 is 0 Å². The van der Waals surface area contributed by atoms with Crippen LogP contribution in [0.3, 0.4) is 0 Å². The van der Waals surface area contributed by atoms with Crippen LogP contribution in [0, 0.1) is 13.8 Å². The average molecular weight is 400 g/mol. The molecule has 2 fully saturated rings. The van der Waals surface area contributed by atoms with Crippen molar-refractivity contribution < 1.29 is 0 Å². The van der Waals surface area contributed by atoms with Gasteiger partial charge < -0.3 is 5.32 Å². The summed E-state index contributed by atoms with van der Waals surface area (Å²) >= 11 is 0. The summed E-state index contributed by atoms with van der Waals surface area (Å²) in [6.45, 7) is 4.01. The highest BCUT2D eigenvalue weighted by Crippen LogP contribution is 2.33. The Kier molecular flexibility index (Phi) is 3.83. The predicted molar refractivity (Wildman–Crippen MR) is 116 cm³/mol. The van der Waals surface area contributed by atoms with E-state index in [1.807, 2.05) is 55.0 Å². The summed E-state index contributed by atoms with van der Waals surface area (Å²) in [5.74, 6) is 0. The third kappa shape index (κ3) is 2.76. The van der Waals surface area contributed by atoms with Gasteiger partial charge in [0.2, 0.25) is 0 Å². The van der Waals surface area contributed by atoms with Crippen LogP contribution in [0.25, 0.3) is 27.7 Å². The van der Waals surface area contributed by atoms with E-state index in [0.717, 1.165) is 51.8 Å². The molecule has 1 aromatic carbocycles. The predicted octanol–water partition coefficient (Wildman–Crippen LogP) is 3.18. The summed E-state index contributed by atoms with van der Waals surface area (Å²) in [6, 6.07) is 9.20. The Balaban J connectivity index is 1.41. The van der Waals surface area contributed by atoms with E-state index in [2.05, 4.69) is 15.4 Å². The van der Waals surface area contributed by atoms with Crippen molar-refractivity contribution in [2.75, 3.05) is 0 Å². The molecule has 0 spiro atoms. The lowest BCUT2D eigenvalue weighted by Crippen LogP contribution is -2.41. The van der Waals surface area contributed by atoms with Gasteiger partial charge >= 0.3 is 0 Å². The minimum atomic E-state index is 0.00942. The second kappa shape index (κ2) is 6.47. The van der Waals surface area contributed by atoms with E-state index in [9.17, 15) is 4.79 Å². The molecule has 0 amide bonds. The van der Waals surface area contributed by atoms with Crippen LogP contribution in [0.5, 0.6) is 0 Å². The summed E-state index contributed by atoms with van der Waals surface area (Å²) < 4.78 is 3.54. The molecule has 7 nitrogen and oxygen atoms in total. The van der Waals surface area contributed by atoms with Crippen molar-refractivity contribution in [1.82, 2.24) is 29.7 Å². The van der Waals surface area contributed by atoms with Crippen molar-refractivity contribution in [1.29, 1.82) is 0 Å². The van der Waals surface area contributed by atoms with Crippen LogP contribution in [-0.4, -0.2) is 36.5 Å². The number of aromatic nitrogens is 5. The molecule has 5 heterocycles. The second-order valence-electron chi connectivity index (χ2n) is 8.82. The van der Waals surface area contributed by atoms with Crippen molar-refractivity contribution in [3.63, 3.8) is 0 Å². The molecule has 2 aliphatic heterocycles. The molecule has 30 heavy (non-hydrogen) atoms. The fourth-order valence-corrected chi connectivity index (χ4v) is 5.20. The molecule has 7 heteroatoms. The third-order valence-corrected chi connectivity index (χ3v) is 6.63. The zero-order valence-corrected chi connectivity index (χ0v) is 17.2. The monoisotopic (exact) mass is 400 g/mol. The highest BCUT2D eigenvalue weighted by atomic mass is 16.1. The van der Waals surface area contributed by atoms with E-state index in [1.165, 1.54) is 12.8 Å². The third-order valence-electron chi connectivity index (χ3n) is 6.63. The van der Waals surface area contributed by atoms with E-state index in [-0.39, 0.29) is 11.6 Å². The smallest absolute Gasteiger partial charge is 0.274 e. The number of aryl methyl sites for hydroxylation is 2. The molecule has 0 radical (unpaired) electrons. The van der Waals surface area contributed by atoms with Gasteiger partial charge in [-0.15, -0.1) is 0 Å². The molecule has 6 rings (SSSR count). The first kappa shape index (κ1) is 17.8. The lowest BCUT2D eigenvalue weighted by Gasteiger charge is -2.29. The molecule has 2 unspecified atom stereocenters. The van der Waals surface area contributed by atoms with Gasteiger partial charge in [0.25, 0.3) is 5.56 Å². The van der Waals surface area contributed by atoms with E-state index < -0.39 is 0 Å². The van der Waals surface area contributed by atoms with Crippen molar-refractivity contribution in [3.8, 4) is 11.3 Å². The molecule has 1 N–H and O–H groups in total. The SMILES string of the molecule is Cc1cn2nc(-c3ccc4c(=O)n(C5CC6CC[C@H](C5)N6)ncc4c3)cc(C)c2n1. The molecule has 4 aromatic rings. The standard InChI is InChI=1S/C23H24N6O/c1-13-7-21(27-28-12-14(2)25-22(13)28)15-3-6-20-16(8-15)11-24-29(23(20)30)19-9-17-4-5-18(10-19)26-17/h3,6-8,11-12,17-19,26H,4-5,9-10H2,1-2H3/t17-,18?,19?/m1/s1. The Morgan fingerprint density at radius 1 is 1.10 bits per heavy atom. The maximum Gasteiger partial charge on any atom is 0.274 e. The van der Waals surface area contributed by atoms with Gasteiger partial charge in [-0.3, -0.25) is 4.79 Å². The molecule has 0 saturated carbocycles. The first-order valence-corrected chi connectivity index (χ1v) is 10.7. The fraction of sp³-hybridized carbons (Fsp3) is 0.391. The number of imidazole rings is 1. The van der Waals surface area contributed by atoms with E-state index in [0.29, 0.717) is 12.1 Å². The minimum absolute atomic E-state index is 0.00942. The van der Waals surface area contributed by atoms with Gasteiger partial charge in [0.05, 0.1) is 35.2 Å². The molecular weight excluding hydrogens is 376 g/mol. The fourth-order valence-electron chi connectivity index (χ4n) is 5.20. The van der Waals surface area contributed by atoms with Gasteiger partial charge in [0.1, 0.15) is 0 Å². The maximum atomic E-state index is 13.2. The van der Waals surface area contributed by atoms with Crippen LogP contribution in [-0.2, 0) is 0 Å². The van der Waals surface area contributed by atoms with Crippen LogP contribution in [0.1, 0.15) is 43.0 Å². The number of nitrogens with zero attached hydrogens (tertiary/aromatic N) is 5. The minimum Gasteiger partial charge on any atom is -0.311 e. The van der Waals surface area contributed by atoms with Crippen molar-refractivity contribution in [2.45, 2.75) is 57.7 Å². The number of piperidine rings is 1. The molecule has 3 aromatic heterocycles. The van der Waals surface area contributed by atoms with Gasteiger partial charge in [-0.2, -0.15) is 10.2 Å². The zero-order chi connectivity index (χ0) is 20.4. The van der Waals surface area contributed by atoms with Crippen LogP contribution in [0.2, 0.25) is 0 Å². The molecule has 3 atom stereocenters. The first-order valence-electron chi connectivity index (χ1n) is 10.7. The summed E-state index contributed by atoms with van der Waals surface area (Å²) in [5, 5.41) is 14.5. The Hall–Kier alpha value is -3.06. The Morgan fingerprint density at radius 3 is 2.70 bits per heavy atom. The quantitative estimate of drug-likeness (QED) is 0.559. The number of benzene rings is 1. The highest BCUT2D eigenvalue weighted by Gasteiger charge is 2.35. The van der Waals surface area contributed by atoms with Crippen LogP contribution < -0.4 is 10.9 Å². The number of nitrogens with one attached hydrogen (secondary N) is 1. The average Bonchev–Trinajstić information content (AvgIpc) is 3.28. The van der Waals surface area contributed by atoms with Crippen molar-refractivity contribution in [3.05, 3.63) is 58.3 Å². The van der Waals surface area contributed by atoms with Crippen LogP contribution in [0.15, 0.2) is 41.5 Å². The topological polar surface area (TPSA) is 77.1 Å². The van der Waals surface area contributed by atoms with Gasteiger partial charge in [-0.1, -0.05) is 6.07 Å². The Morgan fingerprint density at radius 2 is 1.90 bits per heavy atom. The summed E-state index contributed by atoms with van der Waals surface area (Å²) in [7, 11) is 0. The first-order chi connectivity index (χ1) is 14.5. The molecule has 2 saturated heterocycles. The lowest BCUT2D eigenvalue weighted by atomic mass is 9.99. The molecule has 2 bridgehead atoms. The number of fused-ring (bicyclic) bond motifs is 4. The van der Waals surface area contributed by atoms with Crippen LogP contribution >= 0.6 is 0 Å². The van der Waals surface area contributed by atoms with Gasteiger partial charge in [0, 0.05) is 23.0 Å². The normalized spacial score (nSPS) is 23.5. The van der Waals surface area contributed by atoms with Crippen LogP contribution in [0.4, 0.5) is 0 Å².